The summed E-state index contributed by atoms with van der Waals surface area (Å²) in [7, 11) is 0. The lowest BCUT2D eigenvalue weighted by Gasteiger charge is -2.29. The van der Waals surface area contributed by atoms with Crippen LogP contribution in [0.5, 0.6) is 0 Å². The number of alkyl halides is 3. The van der Waals surface area contributed by atoms with E-state index in [1.807, 2.05) is 28.5 Å². The largest absolute Gasteiger partial charge is 0.416 e. The van der Waals surface area contributed by atoms with Gasteiger partial charge in [-0.15, -0.1) is 0 Å². The van der Waals surface area contributed by atoms with Crippen LogP contribution in [0.3, 0.4) is 0 Å². The minimum atomic E-state index is -4.42. The highest BCUT2D eigenvalue weighted by molar-refractivity contribution is 7.80. The van der Waals surface area contributed by atoms with Gasteiger partial charge < -0.3 is 20.5 Å². The van der Waals surface area contributed by atoms with Crippen molar-refractivity contribution in [3.8, 4) is 6.07 Å². The molecule has 1 amide bonds. The summed E-state index contributed by atoms with van der Waals surface area (Å²) in [5.74, 6) is -0.172. The Bertz CT molecular complexity index is 1410. The van der Waals surface area contributed by atoms with Gasteiger partial charge in [0.05, 0.1) is 34.9 Å². The molecule has 1 aliphatic rings. The molecule has 0 radical (unpaired) electrons. The topological polar surface area (TPSA) is 100.0 Å². The van der Waals surface area contributed by atoms with Crippen LogP contribution in [-0.4, -0.2) is 44.0 Å². The van der Waals surface area contributed by atoms with Crippen LogP contribution in [0.4, 0.5) is 13.2 Å². The number of hydrogen-bond acceptors (Lipinski definition) is 5. The van der Waals surface area contributed by atoms with Crippen LogP contribution in [-0.2, 0) is 30.5 Å². The normalized spacial score (nSPS) is 14.6. The van der Waals surface area contributed by atoms with E-state index in [4.69, 9.17) is 23.2 Å². The Labute approximate surface area is 249 Å². The quantitative estimate of drug-likeness (QED) is 0.263. The van der Waals surface area contributed by atoms with E-state index in [1.165, 1.54) is 12.1 Å². The maximum Gasteiger partial charge on any atom is 0.416 e. The van der Waals surface area contributed by atoms with Gasteiger partial charge in [0.15, 0.2) is 0 Å². The van der Waals surface area contributed by atoms with Gasteiger partial charge in [0, 0.05) is 43.6 Å². The monoisotopic (exact) mass is 596 g/mol. The molecular formula is C31H35F3N6OS. The molecule has 1 aromatic heterocycles. The summed E-state index contributed by atoms with van der Waals surface area (Å²) in [6.45, 7) is 2.89. The number of amides is 1. The molecule has 0 spiro atoms. The zero-order valence-corrected chi connectivity index (χ0v) is 24.3. The van der Waals surface area contributed by atoms with Gasteiger partial charge in [-0.1, -0.05) is 49.5 Å². The molecular weight excluding hydrogens is 561 g/mol. The van der Waals surface area contributed by atoms with Crippen molar-refractivity contribution >= 4 is 23.1 Å². The number of benzene rings is 2. The number of nitrogens with one attached hydrogen (secondary N) is 1. The first-order valence-electron chi connectivity index (χ1n) is 14.0. The molecule has 2 unspecified atom stereocenters. The third kappa shape index (κ3) is 8.39. The van der Waals surface area contributed by atoms with E-state index >= 15 is 0 Å². The minimum absolute atomic E-state index is 0.00368. The molecule has 1 fully saturated rings. The highest BCUT2D eigenvalue weighted by Gasteiger charge is 2.36. The molecule has 2 aromatic carbocycles. The highest BCUT2D eigenvalue weighted by atomic mass is 32.1. The minimum Gasteiger partial charge on any atom is -0.359 e. The smallest absolute Gasteiger partial charge is 0.359 e. The number of nitrogens with zero attached hydrogens (tertiary/aromatic N) is 4. The van der Waals surface area contributed by atoms with Gasteiger partial charge in [0.25, 0.3) is 0 Å². The Kier molecular flexibility index (Phi) is 10.4. The molecule has 2 atom stereocenters. The van der Waals surface area contributed by atoms with Crippen molar-refractivity contribution in [1.29, 1.82) is 5.26 Å². The van der Waals surface area contributed by atoms with E-state index in [2.05, 4.69) is 16.4 Å². The fourth-order valence-corrected chi connectivity index (χ4v) is 5.33. The first kappa shape index (κ1) is 31.2. The second-order valence-electron chi connectivity index (χ2n) is 10.8. The van der Waals surface area contributed by atoms with E-state index in [9.17, 15) is 18.0 Å². The lowest BCUT2D eigenvalue weighted by molar-refractivity contribution is -0.138. The van der Waals surface area contributed by atoms with Crippen molar-refractivity contribution in [1.82, 2.24) is 19.8 Å². The number of carbonyl (C=O) groups excluding carboxylic acids is 1. The third-order valence-electron chi connectivity index (χ3n) is 7.65. The van der Waals surface area contributed by atoms with Crippen molar-refractivity contribution in [2.45, 2.75) is 70.4 Å². The van der Waals surface area contributed by atoms with Gasteiger partial charge in [-0.25, -0.2) is 4.98 Å². The summed E-state index contributed by atoms with van der Waals surface area (Å²) >= 11 is 5.72. The van der Waals surface area contributed by atoms with Crippen molar-refractivity contribution in [3.05, 3.63) is 89.0 Å². The zero-order valence-electron chi connectivity index (χ0n) is 23.5. The van der Waals surface area contributed by atoms with Crippen LogP contribution in [0, 0.1) is 17.2 Å². The van der Waals surface area contributed by atoms with Crippen molar-refractivity contribution in [2.75, 3.05) is 6.54 Å². The maximum atomic E-state index is 13.6. The van der Waals surface area contributed by atoms with Gasteiger partial charge in [-0.2, -0.15) is 18.4 Å². The summed E-state index contributed by atoms with van der Waals surface area (Å²) in [6.07, 6.45) is 2.02. The summed E-state index contributed by atoms with van der Waals surface area (Å²) < 4.78 is 42.6. The molecule has 0 bridgehead atoms. The van der Waals surface area contributed by atoms with Crippen molar-refractivity contribution < 1.29 is 18.0 Å². The molecule has 0 saturated heterocycles. The number of aromatic nitrogens is 2. The van der Waals surface area contributed by atoms with Crippen LogP contribution in [0.15, 0.2) is 61.1 Å². The van der Waals surface area contributed by atoms with Gasteiger partial charge in [0.1, 0.15) is 0 Å². The van der Waals surface area contributed by atoms with E-state index in [0.717, 1.165) is 30.2 Å². The second kappa shape index (κ2) is 13.9. The maximum absolute atomic E-state index is 13.6. The highest BCUT2D eigenvalue weighted by Crippen LogP contribution is 2.35. The van der Waals surface area contributed by atoms with Gasteiger partial charge in [-0.3, -0.25) is 4.79 Å². The van der Waals surface area contributed by atoms with E-state index in [0.29, 0.717) is 29.9 Å². The Balaban J connectivity index is 1.31. The average Bonchev–Trinajstić information content (AvgIpc) is 3.73. The van der Waals surface area contributed by atoms with Crippen LogP contribution >= 0.6 is 12.2 Å². The van der Waals surface area contributed by atoms with E-state index < -0.39 is 11.7 Å². The zero-order chi connectivity index (χ0) is 30.3. The Morgan fingerprint density at radius 3 is 2.60 bits per heavy atom. The number of nitrogens with two attached hydrogens (primary N) is 1. The molecule has 11 heteroatoms. The summed E-state index contributed by atoms with van der Waals surface area (Å²) in [5, 5.41) is 12.0. The predicted molar refractivity (Wildman–Crippen MR) is 158 cm³/mol. The number of rotatable bonds is 13. The van der Waals surface area contributed by atoms with Crippen molar-refractivity contribution in [2.24, 2.45) is 11.7 Å². The van der Waals surface area contributed by atoms with Crippen molar-refractivity contribution in [3.63, 3.8) is 0 Å². The fourth-order valence-electron chi connectivity index (χ4n) is 5.00. The molecule has 3 N–H and O–H groups in total. The van der Waals surface area contributed by atoms with E-state index in [-0.39, 0.29) is 49.0 Å². The molecule has 222 valence electrons. The summed E-state index contributed by atoms with van der Waals surface area (Å²) in [6, 6.07) is 14.9. The number of imidazole rings is 1. The first-order chi connectivity index (χ1) is 20.1. The van der Waals surface area contributed by atoms with Gasteiger partial charge in [0.2, 0.25) is 5.91 Å². The molecule has 1 aliphatic carbocycles. The number of carbonyl (C=O) groups is 1. The first-order valence-corrected chi connectivity index (χ1v) is 14.4. The predicted octanol–water partition coefficient (Wildman–Crippen LogP) is 5.22. The van der Waals surface area contributed by atoms with Crippen LogP contribution in [0.2, 0.25) is 0 Å². The Morgan fingerprint density at radius 1 is 1.24 bits per heavy atom. The third-order valence-corrected chi connectivity index (χ3v) is 8.09. The van der Waals surface area contributed by atoms with E-state index in [1.54, 1.807) is 30.7 Å². The molecule has 1 heterocycles. The molecule has 7 nitrogen and oxygen atoms in total. The summed E-state index contributed by atoms with van der Waals surface area (Å²) in [4.78, 5) is 19.7. The number of hydrogen-bond donors (Lipinski definition) is 2. The lowest BCUT2D eigenvalue weighted by atomic mass is 9.96. The lowest BCUT2D eigenvalue weighted by Crippen LogP contribution is -2.45. The second-order valence-corrected chi connectivity index (χ2v) is 11.3. The molecule has 1 saturated carbocycles. The van der Waals surface area contributed by atoms with Crippen LogP contribution in [0.25, 0.3) is 0 Å². The number of thiocarbonyl (C=S) groups is 1. The number of halogens is 3. The van der Waals surface area contributed by atoms with Crippen LogP contribution in [0.1, 0.15) is 60.6 Å². The van der Waals surface area contributed by atoms with Gasteiger partial charge >= 0.3 is 6.18 Å². The average molecular weight is 597 g/mol. The SMILES string of the molecule is CC(CCC(=S)N(Cc1ccccc1C(F)(F)F)C1CC1)C(CN)NC(=O)Cc1cncn1Cc1ccc(C#N)cc1. The molecule has 3 aromatic rings. The van der Waals surface area contributed by atoms with Gasteiger partial charge in [-0.05, 0) is 60.9 Å². The number of nitriles is 1. The summed E-state index contributed by atoms with van der Waals surface area (Å²) in [5.41, 5.74) is 7.94. The fraction of sp³-hybridized carbons (Fsp3) is 0.419. The Morgan fingerprint density at radius 2 is 1.95 bits per heavy atom. The van der Waals surface area contributed by atoms with Crippen LogP contribution < -0.4 is 11.1 Å². The molecule has 0 aliphatic heterocycles. The molecule has 4 rings (SSSR count). The molecule has 42 heavy (non-hydrogen) atoms. The Hall–Kier alpha value is -3.75. The standard InChI is InChI=1S/C31H35F3N6OS/c1-21(6-13-30(42)40(25-11-12-25)19-24-4-2-3-5-27(24)31(32,33)34)28(16-36)38-29(41)14-26-17-37-20-39(26)18-23-9-7-22(15-35)8-10-23/h2-5,7-10,17,20-21,25,28H,6,11-14,16,18-19,36H2,1H3,(H,38,41).